The average Bonchev–Trinajstić information content (AvgIpc) is 2.46. The maximum atomic E-state index is 5.89. The van der Waals surface area contributed by atoms with Gasteiger partial charge in [-0.05, 0) is 12.1 Å². The quantitative estimate of drug-likeness (QED) is 0.864. The zero-order chi connectivity index (χ0) is 14.1. The number of para-hydroxylation sites is 1. The van der Waals surface area contributed by atoms with Crippen molar-refractivity contribution in [2.75, 3.05) is 23.7 Å². The molecule has 20 heavy (non-hydrogen) atoms. The molecule has 1 aromatic heterocycles. The fourth-order valence-electron chi connectivity index (χ4n) is 2.55. The predicted molar refractivity (Wildman–Crippen MR) is 91.8 cm³/mol. The summed E-state index contributed by atoms with van der Waals surface area (Å²) in [5.41, 5.74) is 7.77. The lowest BCUT2D eigenvalue weighted by molar-refractivity contribution is 0.772. The van der Waals surface area contributed by atoms with Crippen LogP contribution in [0.1, 0.15) is 12.5 Å². The molecule has 3 nitrogen and oxygen atoms in total. The summed E-state index contributed by atoms with van der Waals surface area (Å²) < 4.78 is 0. The third kappa shape index (κ3) is 2.60. The second-order valence-corrected chi connectivity index (χ2v) is 7.02. The number of pyridine rings is 1. The van der Waals surface area contributed by atoms with Gasteiger partial charge in [-0.2, -0.15) is 11.8 Å². The van der Waals surface area contributed by atoms with Crippen LogP contribution in [0.15, 0.2) is 30.3 Å². The van der Waals surface area contributed by atoms with Gasteiger partial charge in [0.05, 0.1) is 5.52 Å². The molecule has 2 heterocycles. The Kier molecular flexibility index (Phi) is 3.81. The molecule has 0 bridgehead atoms. The van der Waals surface area contributed by atoms with E-state index in [-0.39, 0.29) is 0 Å². The van der Waals surface area contributed by atoms with E-state index in [9.17, 15) is 0 Å². The number of hydrogen-bond acceptors (Lipinski definition) is 4. The molecule has 0 spiro atoms. The summed E-state index contributed by atoms with van der Waals surface area (Å²) in [6.07, 6.45) is 0. The van der Waals surface area contributed by atoms with Crippen LogP contribution >= 0.6 is 24.0 Å². The van der Waals surface area contributed by atoms with E-state index in [1.807, 2.05) is 42.1 Å². The van der Waals surface area contributed by atoms with Crippen molar-refractivity contribution in [3.05, 3.63) is 35.9 Å². The molecule has 5 heteroatoms. The Bertz CT molecular complexity index is 657. The molecule has 2 N–H and O–H groups in total. The van der Waals surface area contributed by atoms with Gasteiger partial charge in [-0.3, -0.25) is 0 Å². The van der Waals surface area contributed by atoms with Crippen LogP contribution in [0.3, 0.4) is 0 Å². The third-order valence-electron chi connectivity index (χ3n) is 3.53. The average molecular weight is 303 g/mol. The van der Waals surface area contributed by atoms with Crippen molar-refractivity contribution >= 4 is 45.7 Å². The molecule has 104 valence electrons. The van der Waals surface area contributed by atoms with Crippen LogP contribution in [-0.2, 0) is 0 Å². The van der Waals surface area contributed by atoms with Gasteiger partial charge in [-0.25, -0.2) is 4.98 Å². The van der Waals surface area contributed by atoms with Crippen molar-refractivity contribution in [3.63, 3.8) is 0 Å². The summed E-state index contributed by atoms with van der Waals surface area (Å²) in [6.45, 7) is 4.30. The zero-order valence-corrected chi connectivity index (χ0v) is 13.0. The Labute approximate surface area is 128 Å². The number of thioether (sulfide) groups is 1. The second kappa shape index (κ2) is 5.58. The lowest BCUT2D eigenvalue weighted by Gasteiger charge is -2.32. The topological polar surface area (TPSA) is 42.1 Å². The summed E-state index contributed by atoms with van der Waals surface area (Å²) in [5, 5.41) is 1.66. The highest BCUT2D eigenvalue weighted by Gasteiger charge is 2.19. The molecule has 0 saturated carbocycles. The number of fused-ring (bicyclic) bond motifs is 1. The maximum absolute atomic E-state index is 5.89. The standard InChI is InChI=1S/C15H17N3S2/c1-10-9-18(6-7-20-10)14-8-12(15(16)19)11-4-2-3-5-13(11)17-14/h2-5,8,10H,6-7,9H2,1H3,(H2,16,19). The lowest BCUT2D eigenvalue weighted by Crippen LogP contribution is -2.37. The van der Waals surface area contributed by atoms with Gasteiger partial charge in [0.2, 0.25) is 0 Å². The van der Waals surface area contributed by atoms with Crippen LogP contribution < -0.4 is 10.6 Å². The SMILES string of the molecule is CC1CN(c2cc(C(N)=S)c3ccccc3n2)CCS1. The van der Waals surface area contributed by atoms with Gasteiger partial charge in [-0.1, -0.05) is 37.3 Å². The van der Waals surface area contributed by atoms with Crippen LogP contribution in [0.2, 0.25) is 0 Å². The lowest BCUT2D eigenvalue weighted by atomic mass is 10.1. The highest BCUT2D eigenvalue weighted by atomic mass is 32.2. The fourth-order valence-corrected chi connectivity index (χ4v) is 3.74. The summed E-state index contributed by atoms with van der Waals surface area (Å²) in [5.74, 6) is 2.12. The molecule has 1 fully saturated rings. The van der Waals surface area contributed by atoms with E-state index in [2.05, 4.69) is 11.8 Å². The smallest absolute Gasteiger partial charge is 0.130 e. The molecule has 1 unspecified atom stereocenters. The van der Waals surface area contributed by atoms with Crippen molar-refractivity contribution in [2.45, 2.75) is 12.2 Å². The van der Waals surface area contributed by atoms with Gasteiger partial charge in [0.25, 0.3) is 0 Å². The van der Waals surface area contributed by atoms with E-state index >= 15 is 0 Å². The molecule has 1 aliphatic rings. The first-order valence-electron chi connectivity index (χ1n) is 6.71. The van der Waals surface area contributed by atoms with Crippen LogP contribution in [0.5, 0.6) is 0 Å². The second-order valence-electron chi connectivity index (χ2n) is 5.04. The maximum Gasteiger partial charge on any atom is 0.130 e. The van der Waals surface area contributed by atoms with Gasteiger partial charge in [0, 0.05) is 35.0 Å². The van der Waals surface area contributed by atoms with Gasteiger partial charge in [-0.15, -0.1) is 0 Å². The predicted octanol–water partition coefficient (Wildman–Crippen LogP) is 2.81. The Balaban J connectivity index is 2.09. The summed E-state index contributed by atoms with van der Waals surface area (Å²) in [4.78, 5) is 7.54. The van der Waals surface area contributed by atoms with Crippen molar-refractivity contribution in [1.82, 2.24) is 4.98 Å². The minimum Gasteiger partial charge on any atom is -0.389 e. The van der Waals surface area contributed by atoms with Crippen LogP contribution in [0.4, 0.5) is 5.82 Å². The number of anilines is 1. The first-order valence-corrected chi connectivity index (χ1v) is 8.17. The van der Waals surface area contributed by atoms with E-state index in [0.717, 1.165) is 41.1 Å². The van der Waals surface area contributed by atoms with E-state index < -0.39 is 0 Å². The first-order chi connectivity index (χ1) is 9.65. The zero-order valence-electron chi connectivity index (χ0n) is 11.4. The van der Waals surface area contributed by atoms with Crippen molar-refractivity contribution in [3.8, 4) is 0 Å². The number of thiocarbonyl (C=S) groups is 1. The van der Waals surface area contributed by atoms with Gasteiger partial charge < -0.3 is 10.6 Å². The first kappa shape index (κ1) is 13.6. The molecule has 0 amide bonds. The molecule has 2 aromatic rings. The summed E-state index contributed by atoms with van der Waals surface area (Å²) >= 11 is 7.21. The van der Waals surface area contributed by atoms with Crippen molar-refractivity contribution in [2.24, 2.45) is 5.73 Å². The van der Waals surface area contributed by atoms with E-state index in [4.69, 9.17) is 22.9 Å². The van der Waals surface area contributed by atoms with Crippen LogP contribution in [0, 0.1) is 0 Å². The molecule has 3 rings (SSSR count). The largest absolute Gasteiger partial charge is 0.389 e. The number of aromatic nitrogens is 1. The molecule has 1 aliphatic heterocycles. The van der Waals surface area contributed by atoms with Crippen molar-refractivity contribution in [1.29, 1.82) is 0 Å². The number of nitrogens with zero attached hydrogens (tertiary/aromatic N) is 2. The van der Waals surface area contributed by atoms with E-state index in [1.54, 1.807) is 0 Å². The van der Waals surface area contributed by atoms with Crippen LogP contribution in [-0.4, -0.2) is 34.1 Å². The van der Waals surface area contributed by atoms with E-state index in [0.29, 0.717) is 10.2 Å². The Morgan fingerprint density at radius 1 is 1.45 bits per heavy atom. The third-order valence-corrected chi connectivity index (χ3v) is 4.89. The Morgan fingerprint density at radius 3 is 3.00 bits per heavy atom. The fraction of sp³-hybridized carbons (Fsp3) is 0.333. The summed E-state index contributed by atoms with van der Waals surface area (Å²) in [6, 6.07) is 10.1. The molecule has 1 atom stereocenters. The number of nitrogens with two attached hydrogens (primary N) is 1. The monoisotopic (exact) mass is 303 g/mol. The van der Waals surface area contributed by atoms with Gasteiger partial charge >= 0.3 is 0 Å². The molecular formula is C15H17N3S2. The minimum absolute atomic E-state index is 0.435. The number of hydrogen-bond donors (Lipinski definition) is 1. The van der Waals surface area contributed by atoms with E-state index in [1.165, 1.54) is 0 Å². The molecule has 0 radical (unpaired) electrons. The van der Waals surface area contributed by atoms with Gasteiger partial charge in [0.1, 0.15) is 10.8 Å². The Morgan fingerprint density at radius 2 is 2.25 bits per heavy atom. The molecule has 0 aliphatic carbocycles. The summed E-state index contributed by atoms with van der Waals surface area (Å²) in [7, 11) is 0. The number of rotatable bonds is 2. The normalized spacial score (nSPS) is 19.2. The highest BCUT2D eigenvalue weighted by Crippen LogP contribution is 2.26. The molecule has 1 aromatic carbocycles. The minimum atomic E-state index is 0.435. The van der Waals surface area contributed by atoms with Crippen molar-refractivity contribution < 1.29 is 0 Å². The molecular weight excluding hydrogens is 286 g/mol. The highest BCUT2D eigenvalue weighted by molar-refractivity contribution is 8.00. The number of benzene rings is 1. The van der Waals surface area contributed by atoms with Gasteiger partial charge in [0.15, 0.2) is 0 Å². The molecule has 1 saturated heterocycles. The Hall–Kier alpha value is -1.33. The van der Waals surface area contributed by atoms with Crippen LogP contribution in [0.25, 0.3) is 10.9 Å².